The Kier molecular flexibility index (Phi) is 12.5. The molecule has 0 radical (unpaired) electrons. The van der Waals surface area contributed by atoms with Crippen molar-refractivity contribution in [1.82, 2.24) is 0 Å². The normalized spacial score (nSPS) is 13.0. The van der Waals surface area contributed by atoms with Gasteiger partial charge in [-0.25, -0.2) is 9.59 Å². The molecule has 0 aliphatic carbocycles. The van der Waals surface area contributed by atoms with E-state index in [1.807, 2.05) is 13.8 Å². The quantitative estimate of drug-likeness (QED) is 0.288. The van der Waals surface area contributed by atoms with Crippen molar-refractivity contribution in [2.45, 2.75) is 38.6 Å². The second kappa shape index (κ2) is 12.8. The molecule has 2 unspecified atom stereocenters. The van der Waals surface area contributed by atoms with Crippen LogP contribution in [0.2, 0.25) is 0 Å². The molecule has 7 heteroatoms. The largest absolute Gasteiger partial charge is 0.447 e. The Hall–Kier alpha value is -0.530. The van der Waals surface area contributed by atoms with Gasteiger partial charge in [0.2, 0.25) is 0 Å². The number of rotatable bonds is 12. The highest BCUT2D eigenvalue weighted by atomic mass is 32.2. The van der Waals surface area contributed by atoms with Crippen LogP contribution in [0.15, 0.2) is 24.3 Å². The molecular weight excluding hydrogens is 352 g/mol. The molecule has 2 atom stereocenters. The van der Waals surface area contributed by atoms with Crippen molar-refractivity contribution in [2.75, 3.05) is 23.0 Å². The van der Waals surface area contributed by atoms with Gasteiger partial charge in [0.05, 0.1) is 0 Å². The smallest absolute Gasteiger partial charge is 0.334 e. The topological polar surface area (TPSA) is 52.6 Å². The number of esters is 2. The van der Waals surface area contributed by atoms with Crippen LogP contribution in [0.4, 0.5) is 0 Å². The lowest BCUT2D eigenvalue weighted by molar-refractivity contribution is -0.140. The molecule has 0 spiro atoms. The summed E-state index contributed by atoms with van der Waals surface area (Å²) in [5, 5.41) is 0. The molecular formula is C16H26O4S3. The first-order valence-electron chi connectivity index (χ1n) is 7.35. The van der Waals surface area contributed by atoms with Gasteiger partial charge in [-0.1, -0.05) is 27.0 Å². The zero-order chi connectivity index (χ0) is 17.8. The van der Waals surface area contributed by atoms with E-state index in [4.69, 9.17) is 9.47 Å². The molecule has 0 saturated carbocycles. The van der Waals surface area contributed by atoms with E-state index in [1.54, 1.807) is 49.1 Å². The Labute approximate surface area is 152 Å². The molecule has 0 aromatic carbocycles. The summed E-state index contributed by atoms with van der Waals surface area (Å²) in [6, 6.07) is 0. The van der Waals surface area contributed by atoms with E-state index in [1.165, 1.54) is 0 Å². The van der Waals surface area contributed by atoms with E-state index in [-0.39, 0.29) is 22.8 Å². The molecule has 4 nitrogen and oxygen atoms in total. The third-order valence-electron chi connectivity index (χ3n) is 2.39. The highest BCUT2D eigenvalue weighted by Gasteiger charge is 2.18. The Morgan fingerprint density at radius 3 is 1.48 bits per heavy atom. The molecule has 23 heavy (non-hydrogen) atoms. The molecule has 0 amide bonds. The maximum atomic E-state index is 11.6. The van der Waals surface area contributed by atoms with Crippen LogP contribution in [-0.2, 0) is 19.1 Å². The van der Waals surface area contributed by atoms with Crippen LogP contribution in [0.25, 0.3) is 0 Å². The second-order valence-corrected chi connectivity index (χ2v) is 8.63. The van der Waals surface area contributed by atoms with Gasteiger partial charge in [-0.2, -0.15) is 11.8 Å². The van der Waals surface area contributed by atoms with E-state index < -0.39 is 0 Å². The number of carbonyl (C=O) groups excluding carboxylic acids is 2. The highest BCUT2D eigenvalue weighted by Crippen LogP contribution is 2.23. The molecule has 0 aromatic heterocycles. The monoisotopic (exact) mass is 378 g/mol. The number of thioether (sulfide) groups is 3. The van der Waals surface area contributed by atoms with Crippen molar-refractivity contribution in [3.05, 3.63) is 24.3 Å². The van der Waals surface area contributed by atoms with Crippen LogP contribution >= 0.6 is 35.3 Å². The summed E-state index contributed by atoms with van der Waals surface area (Å²) < 4.78 is 10.8. The third kappa shape index (κ3) is 10.8. The van der Waals surface area contributed by atoms with E-state index in [0.29, 0.717) is 22.7 Å². The molecule has 132 valence electrons. The SMILES string of the molecule is C=C(C)C(=O)OC(CSCC(OC(=O)C(=C)C)SCC)SCC. The molecule has 0 N–H and O–H groups in total. The van der Waals surface area contributed by atoms with Crippen LogP contribution in [-0.4, -0.2) is 45.8 Å². The van der Waals surface area contributed by atoms with Crippen molar-refractivity contribution in [2.24, 2.45) is 0 Å². The van der Waals surface area contributed by atoms with Crippen LogP contribution in [0, 0.1) is 0 Å². The van der Waals surface area contributed by atoms with Crippen molar-refractivity contribution in [1.29, 1.82) is 0 Å². The lowest BCUT2D eigenvalue weighted by atomic mass is 10.4. The minimum Gasteiger partial charge on any atom is -0.447 e. The molecule has 0 rings (SSSR count). The highest BCUT2D eigenvalue weighted by molar-refractivity contribution is 8.04. The summed E-state index contributed by atoms with van der Waals surface area (Å²) in [6.07, 6.45) is 0. The summed E-state index contributed by atoms with van der Waals surface area (Å²) in [7, 11) is 0. The lowest BCUT2D eigenvalue weighted by Crippen LogP contribution is -2.21. The van der Waals surface area contributed by atoms with E-state index >= 15 is 0 Å². The van der Waals surface area contributed by atoms with Gasteiger partial charge >= 0.3 is 11.9 Å². The fourth-order valence-corrected chi connectivity index (χ4v) is 4.36. The zero-order valence-corrected chi connectivity index (χ0v) is 16.7. The summed E-state index contributed by atoms with van der Waals surface area (Å²) in [5.74, 6) is 2.25. The molecule has 0 aromatic rings. The predicted octanol–water partition coefficient (Wildman–Crippen LogP) is 4.12. The Balaban J connectivity index is 4.39. The fraction of sp³-hybridized carbons (Fsp3) is 0.625. The Bertz CT molecular complexity index is 386. The first kappa shape index (κ1) is 22.5. The minimum absolute atomic E-state index is 0.224. The number of hydrogen-bond acceptors (Lipinski definition) is 7. The lowest BCUT2D eigenvalue weighted by Gasteiger charge is -2.19. The van der Waals surface area contributed by atoms with Gasteiger partial charge in [-0.15, -0.1) is 23.5 Å². The predicted molar refractivity (Wildman–Crippen MR) is 103 cm³/mol. The second-order valence-electron chi connectivity index (χ2n) is 4.68. The van der Waals surface area contributed by atoms with Crippen molar-refractivity contribution < 1.29 is 19.1 Å². The van der Waals surface area contributed by atoms with Gasteiger partial charge in [-0.3, -0.25) is 0 Å². The number of ether oxygens (including phenoxy) is 2. The summed E-state index contributed by atoms with van der Waals surface area (Å²) in [5.41, 5.74) is 0.342. The van der Waals surface area contributed by atoms with Crippen LogP contribution < -0.4 is 0 Å². The molecule has 0 heterocycles. The number of carbonyl (C=O) groups is 2. The van der Waals surface area contributed by atoms with Crippen LogP contribution in [0.5, 0.6) is 0 Å². The maximum absolute atomic E-state index is 11.6. The van der Waals surface area contributed by atoms with Gasteiger partial charge < -0.3 is 9.47 Å². The molecule has 0 aliphatic rings. The maximum Gasteiger partial charge on any atom is 0.334 e. The molecule has 0 saturated heterocycles. The summed E-state index contributed by atoms with van der Waals surface area (Å²) in [4.78, 5) is 23.2. The van der Waals surface area contributed by atoms with Crippen LogP contribution in [0.1, 0.15) is 27.7 Å². The van der Waals surface area contributed by atoms with Crippen LogP contribution in [0.3, 0.4) is 0 Å². The molecule has 0 bridgehead atoms. The first-order valence-corrected chi connectivity index (χ1v) is 10.6. The third-order valence-corrected chi connectivity index (χ3v) is 5.82. The van der Waals surface area contributed by atoms with Crippen molar-refractivity contribution in [3.8, 4) is 0 Å². The van der Waals surface area contributed by atoms with Gasteiger partial charge in [0.25, 0.3) is 0 Å². The first-order chi connectivity index (χ1) is 10.8. The Morgan fingerprint density at radius 2 is 1.22 bits per heavy atom. The average molecular weight is 379 g/mol. The summed E-state index contributed by atoms with van der Waals surface area (Å²) in [6.45, 7) is 14.5. The average Bonchev–Trinajstić information content (AvgIpc) is 2.47. The van der Waals surface area contributed by atoms with Gasteiger partial charge in [0, 0.05) is 22.7 Å². The Morgan fingerprint density at radius 1 is 0.870 bits per heavy atom. The van der Waals surface area contributed by atoms with E-state index in [2.05, 4.69) is 13.2 Å². The molecule has 0 fully saturated rings. The van der Waals surface area contributed by atoms with Crippen molar-refractivity contribution in [3.63, 3.8) is 0 Å². The standard InChI is InChI=1S/C16H26O4S3/c1-7-22-13(19-15(17)11(3)4)9-21-10-14(23-8-2)20-16(18)12(5)6/h13-14H,3,5,7-10H2,1-2,4,6H3. The summed E-state index contributed by atoms with van der Waals surface area (Å²) >= 11 is 4.75. The molecule has 0 aliphatic heterocycles. The fourth-order valence-electron chi connectivity index (χ4n) is 1.30. The van der Waals surface area contributed by atoms with Gasteiger partial charge in [-0.05, 0) is 25.4 Å². The number of hydrogen-bond donors (Lipinski definition) is 0. The van der Waals surface area contributed by atoms with Crippen molar-refractivity contribution >= 4 is 47.2 Å². The van der Waals surface area contributed by atoms with E-state index in [0.717, 1.165) is 11.5 Å². The van der Waals surface area contributed by atoms with E-state index in [9.17, 15) is 9.59 Å². The van der Waals surface area contributed by atoms with Gasteiger partial charge in [0.1, 0.15) is 0 Å². The zero-order valence-electron chi connectivity index (χ0n) is 14.3. The van der Waals surface area contributed by atoms with Gasteiger partial charge in [0.15, 0.2) is 10.9 Å². The minimum atomic E-state index is -0.371.